The summed E-state index contributed by atoms with van der Waals surface area (Å²) in [6, 6.07) is 15.2. The Bertz CT molecular complexity index is 929. The molecule has 1 amide bonds. The van der Waals surface area contributed by atoms with Crippen molar-refractivity contribution in [1.82, 2.24) is 5.32 Å². The number of nitrogens with one attached hydrogen (secondary N) is 1. The minimum Gasteiger partial charge on any atom is -0.480 e. The lowest BCUT2D eigenvalue weighted by atomic mass is 9.78. The molecule has 0 spiro atoms. The van der Waals surface area contributed by atoms with Gasteiger partial charge in [0, 0.05) is 13.5 Å². The number of carboxylic acid groups (broad SMARTS) is 1. The highest BCUT2D eigenvalue weighted by Crippen LogP contribution is 2.36. The molecule has 2 N–H and O–H groups in total. The summed E-state index contributed by atoms with van der Waals surface area (Å²) >= 11 is 0. The number of ether oxygens (including phenoxy) is 1. The number of carboxylic acids is 1. The van der Waals surface area contributed by atoms with Crippen molar-refractivity contribution in [3.63, 3.8) is 0 Å². The van der Waals surface area contributed by atoms with Crippen molar-refractivity contribution in [1.29, 1.82) is 0 Å². The van der Waals surface area contributed by atoms with E-state index < -0.39 is 42.3 Å². The Kier molecular flexibility index (Phi) is 7.08. The van der Waals surface area contributed by atoms with Crippen LogP contribution in [0.25, 0.3) is 0 Å². The average molecular weight is 439 g/mol. The van der Waals surface area contributed by atoms with Crippen molar-refractivity contribution in [3.05, 3.63) is 65.7 Å². The van der Waals surface area contributed by atoms with E-state index in [1.807, 2.05) is 58.0 Å². The van der Waals surface area contributed by atoms with Crippen LogP contribution in [0.5, 0.6) is 0 Å². The summed E-state index contributed by atoms with van der Waals surface area (Å²) in [5.74, 6) is -1.61. The molecule has 2 aromatic carbocycles. The van der Waals surface area contributed by atoms with Gasteiger partial charge in [0.2, 0.25) is 0 Å². The van der Waals surface area contributed by atoms with Crippen LogP contribution in [0.15, 0.2) is 54.6 Å². The second-order valence-corrected chi connectivity index (χ2v) is 8.96. The number of methoxy groups -OCH3 is 1. The normalized spacial score (nSPS) is 18.7. The molecule has 2 atom stereocenters. The monoisotopic (exact) mass is 439 g/mol. The van der Waals surface area contributed by atoms with Crippen LogP contribution in [0.3, 0.4) is 0 Å². The van der Waals surface area contributed by atoms with Crippen LogP contribution in [-0.2, 0) is 30.1 Å². The van der Waals surface area contributed by atoms with Gasteiger partial charge < -0.3 is 24.5 Å². The zero-order valence-corrected chi connectivity index (χ0v) is 19.1. The van der Waals surface area contributed by atoms with E-state index in [1.165, 1.54) is 7.11 Å². The first kappa shape index (κ1) is 24.0. The smallest absolute Gasteiger partial charge is 0.480 e. The predicted molar refractivity (Wildman–Crippen MR) is 122 cm³/mol. The molecule has 0 radical (unpaired) electrons. The average Bonchev–Trinajstić information content (AvgIpc) is 2.96. The van der Waals surface area contributed by atoms with Crippen LogP contribution in [0, 0.1) is 0 Å². The van der Waals surface area contributed by atoms with E-state index in [2.05, 4.69) is 5.32 Å². The summed E-state index contributed by atoms with van der Waals surface area (Å²) in [4.78, 5) is 24.5. The minimum absolute atomic E-state index is 0.135. The summed E-state index contributed by atoms with van der Waals surface area (Å²) in [6.45, 7) is 7.96. The summed E-state index contributed by atoms with van der Waals surface area (Å²) < 4.78 is 17.4. The Labute approximate surface area is 189 Å². The van der Waals surface area contributed by atoms with E-state index in [9.17, 15) is 14.7 Å². The number of benzene rings is 2. The van der Waals surface area contributed by atoms with E-state index in [-0.39, 0.29) is 6.42 Å². The SMILES string of the molecule is CO[C@H](C(=O)N[C@@H](Cc1ccc(B2OC(C)(C)C(C)(C)O2)cc1)C(=O)O)c1ccccc1. The van der Waals surface area contributed by atoms with Crippen LogP contribution in [0.2, 0.25) is 0 Å². The van der Waals surface area contributed by atoms with Gasteiger partial charge in [0.05, 0.1) is 11.2 Å². The molecule has 1 fully saturated rings. The van der Waals surface area contributed by atoms with Crippen LogP contribution in [0.4, 0.5) is 0 Å². The lowest BCUT2D eigenvalue weighted by Crippen LogP contribution is -2.44. The molecule has 1 saturated heterocycles. The summed E-state index contributed by atoms with van der Waals surface area (Å²) in [6.07, 6.45) is -0.751. The van der Waals surface area contributed by atoms with Crippen molar-refractivity contribution in [2.24, 2.45) is 0 Å². The summed E-state index contributed by atoms with van der Waals surface area (Å²) in [7, 11) is 0.930. The van der Waals surface area contributed by atoms with Gasteiger partial charge in [-0.1, -0.05) is 54.6 Å². The van der Waals surface area contributed by atoms with Gasteiger partial charge in [-0.3, -0.25) is 4.79 Å². The van der Waals surface area contributed by atoms with Crippen molar-refractivity contribution in [3.8, 4) is 0 Å². The maximum absolute atomic E-state index is 12.7. The van der Waals surface area contributed by atoms with E-state index in [0.717, 1.165) is 11.0 Å². The van der Waals surface area contributed by atoms with Crippen LogP contribution in [-0.4, -0.2) is 48.5 Å². The molecular formula is C24H30BNO6. The second-order valence-electron chi connectivity index (χ2n) is 8.96. The minimum atomic E-state index is -1.11. The molecule has 1 aliphatic heterocycles. The van der Waals surface area contributed by atoms with Gasteiger partial charge in [0.15, 0.2) is 6.10 Å². The van der Waals surface area contributed by atoms with Crippen molar-refractivity contribution < 1.29 is 28.7 Å². The van der Waals surface area contributed by atoms with Crippen LogP contribution < -0.4 is 10.8 Å². The Morgan fingerprint density at radius 1 is 1.00 bits per heavy atom. The number of hydrogen-bond acceptors (Lipinski definition) is 5. The third kappa shape index (κ3) is 5.20. The summed E-state index contributed by atoms with van der Waals surface area (Å²) in [5, 5.41) is 12.2. The molecule has 7 nitrogen and oxygen atoms in total. The Morgan fingerprint density at radius 3 is 2.06 bits per heavy atom. The van der Waals surface area contributed by atoms with Crippen LogP contribution >= 0.6 is 0 Å². The van der Waals surface area contributed by atoms with E-state index in [4.69, 9.17) is 14.0 Å². The number of amides is 1. The summed E-state index contributed by atoms with van der Waals surface area (Å²) in [5.41, 5.74) is 1.40. The van der Waals surface area contributed by atoms with Gasteiger partial charge in [0.1, 0.15) is 6.04 Å². The zero-order chi connectivity index (χ0) is 23.5. The van der Waals surface area contributed by atoms with E-state index >= 15 is 0 Å². The maximum Gasteiger partial charge on any atom is 0.494 e. The zero-order valence-electron chi connectivity index (χ0n) is 19.1. The fourth-order valence-corrected chi connectivity index (χ4v) is 3.50. The van der Waals surface area contributed by atoms with Gasteiger partial charge in [-0.15, -0.1) is 0 Å². The first-order chi connectivity index (χ1) is 15.0. The molecule has 32 heavy (non-hydrogen) atoms. The third-order valence-electron chi connectivity index (χ3n) is 6.14. The predicted octanol–water partition coefficient (Wildman–Crippen LogP) is 2.49. The molecule has 0 saturated carbocycles. The van der Waals surface area contributed by atoms with Gasteiger partial charge in [-0.05, 0) is 44.3 Å². The molecule has 8 heteroatoms. The molecule has 1 aliphatic rings. The number of carbonyl (C=O) groups is 2. The van der Waals surface area contributed by atoms with Crippen molar-refractivity contribution in [2.75, 3.05) is 7.11 Å². The molecule has 3 rings (SSSR count). The van der Waals surface area contributed by atoms with E-state index in [1.54, 1.807) is 24.3 Å². The first-order valence-corrected chi connectivity index (χ1v) is 10.6. The Balaban J connectivity index is 1.68. The third-order valence-corrected chi connectivity index (χ3v) is 6.14. The number of hydrogen-bond donors (Lipinski definition) is 2. The molecule has 0 aromatic heterocycles. The molecule has 2 aromatic rings. The molecule has 0 bridgehead atoms. The fraction of sp³-hybridized carbons (Fsp3) is 0.417. The quantitative estimate of drug-likeness (QED) is 0.614. The van der Waals surface area contributed by atoms with Gasteiger partial charge >= 0.3 is 13.1 Å². The molecule has 0 aliphatic carbocycles. The highest BCUT2D eigenvalue weighted by Gasteiger charge is 2.51. The fourth-order valence-electron chi connectivity index (χ4n) is 3.50. The molecule has 1 heterocycles. The lowest BCUT2D eigenvalue weighted by molar-refractivity contribution is -0.144. The van der Waals surface area contributed by atoms with Gasteiger partial charge in [-0.2, -0.15) is 0 Å². The Morgan fingerprint density at radius 2 is 1.56 bits per heavy atom. The van der Waals surface area contributed by atoms with Crippen LogP contribution in [0.1, 0.15) is 44.9 Å². The number of aliphatic carboxylic acids is 1. The lowest BCUT2D eigenvalue weighted by Gasteiger charge is -2.32. The Hall–Kier alpha value is -2.68. The number of rotatable bonds is 8. The van der Waals surface area contributed by atoms with Gasteiger partial charge in [-0.25, -0.2) is 4.79 Å². The second kappa shape index (κ2) is 9.44. The van der Waals surface area contributed by atoms with Crippen molar-refractivity contribution in [2.45, 2.75) is 57.5 Å². The van der Waals surface area contributed by atoms with Crippen molar-refractivity contribution >= 4 is 24.5 Å². The molecule has 170 valence electrons. The number of carbonyl (C=O) groups excluding carboxylic acids is 1. The van der Waals surface area contributed by atoms with Gasteiger partial charge in [0.25, 0.3) is 5.91 Å². The molecular weight excluding hydrogens is 409 g/mol. The maximum atomic E-state index is 12.7. The molecule has 0 unspecified atom stereocenters. The first-order valence-electron chi connectivity index (χ1n) is 10.6. The standard InChI is InChI=1S/C24H30BNO6/c1-23(2)24(3,4)32-25(31-23)18-13-11-16(12-14-18)15-19(22(28)29)26-21(27)20(30-5)17-9-7-6-8-10-17/h6-14,19-20H,15H2,1-5H3,(H,26,27)(H,28,29)/t19-,20-/m0/s1. The largest absolute Gasteiger partial charge is 0.494 e. The highest BCUT2D eigenvalue weighted by atomic mass is 16.7. The highest BCUT2D eigenvalue weighted by molar-refractivity contribution is 6.62. The topological polar surface area (TPSA) is 94.1 Å². The van der Waals surface area contributed by atoms with E-state index in [0.29, 0.717) is 5.56 Å².